The first-order valence-electron chi connectivity index (χ1n) is 11.6. The fourth-order valence-corrected chi connectivity index (χ4v) is 5.25. The van der Waals surface area contributed by atoms with Crippen LogP contribution >= 0.6 is 11.8 Å². The summed E-state index contributed by atoms with van der Waals surface area (Å²) in [5.74, 6) is 0.452. The molecule has 0 aliphatic carbocycles. The number of esters is 1. The SMILES string of the molecule is CCOC(=O)C1=C(C)N=C2SC=C(CC(=O)NCc3ccccc3)N2C1c1cccc(OC)c1OC. The van der Waals surface area contributed by atoms with E-state index in [2.05, 4.69) is 10.3 Å². The molecule has 2 aliphatic rings. The molecule has 1 amide bonds. The van der Waals surface area contributed by atoms with Gasteiger partial charge >= 0.3 is 5.97 Å². The van der Waals surface area contributed by atoms with Gasteiger partial charge in [-0.25, -0.2) is 9.79 Å². The van der Waals surface area contributed by atoms with Crippen molar-refractivity contribution >= 4 is 28.8 Å². The molecule has 8 nitrogen and oxygen atoms in total. The van der Waals surface area contributed by atoms with Crippen LogP contribution in [-0.4, -0.2) is 42.8 Å². The summed E-state index contributed by atoms with van der Waals surface area (Å²) in [5.41, 5.74) is 3.41. The zero-order valence-corrected chi connectivity index (χ0v) is 21.6. The van der Waals surface area contributed by atoms with Crippen molar-refractivity contribution in [2.45, 2.75) is 32.9 Å². The standard InChI is InChI=1S/C27H29N3O5S/c1-5-35-26(32)23-17(2)29-27-30(24(23)20-12-9-13-21(33-3)25(20)34-4)19(16-36-27)14-22(31)28-15-18-10-7-6-8-11-18/h6-13,16,24H,5,14-15H2,1-4H3,(H,28,31). The smallest absolute Gasteiger partial charge is 0.338 e. The Kier molecular flexibility index (Phi) is 8.00. The largest absolute Gasteiger partial charge is 0.493 e. The highest BCUT2D eigenvalue weighted by molar-refractivity contribution is 8.16. The summed E-state index contributed by atoms with van der Waals surface area (Å²) in [6.07, 6.45) is 0.122. The Morgan fingerprint density at radius 3 is 2.56 bits per heavy atom. The van der Waals surface area contributed by atoms with E-state index in [1.807, 2.05) is 52.8 Å². The molecule has 188 valence electrons. The fraction of sp³-hybridized carbons (Fsp3) is 0.296. The molecule has 0 saturated heterocycles. The van der Waals surface area contributed by atoms with Crippen molar-refractivity contribution in [3.05, 3.63) is 82.0 Å². The van der Waals surface area contributed by atoms with Crippen molar-refractivity contribution in [2.24, 2.45) is 4.99 Å². The lowest BCUT2D eigenvalue weighted by atomic mass is 9.92. The lowest BCUT2D eigenvalue weighted by Gasteiger charge is -2.37. The van der Waals surface area contributed by atoms with Gasteiger partial charge in [-0.1, -0.05) is 54.2 Å². The van der Waals surface area contributed by atoms with E-state index in [4.69, 9.17) is 14.2 Å². The van der Waals surface area contributed by atoms with Crippen LogP contribution in [0.25, 0.3) is 0 Å². The average molecular weight is 508 g/mol. The fourth-order valence-electron chi connectivity index (χ4n) is 4.28. The van der Waals surface area contributed by atoms with E-state index < -0.39 is 12.0 Å². The van der Waals surface area contributed by atoms with E-state index in [-0.39, 0.29) is 18.9 Å². The zero-order chi connectivity index (χ0) is 25.7. The monoisotopic (exact) mass is 507 g/mol. The lowest BCUT2D eigenvalue weighted by Crippen LogP contribution is -2.38. The third-order valence-electron chi connectivity index (χ3n) is 5.90. The van der Waals surface area contributed by atoms with Crippen molar-refractivity contribution < 1.29 is 23.8 Å². The highest BCUT2D eigenvalue weighted by Crippen LogP contribution is 2.48. The van der Waals surface area contributed by atoms with Crippen molar-refractivity contribution in [1.82, 2.24) is 10.2 Å². The molecule has 2 aliphatic heterocycles. The summed E-state index contributed by atoms with van der Waals surface area (Å²) in [6, 6.07) is 14.7. The van der Waals surface area contributed by atoms with Crippen LogP contribution in [0.2, 0.25) is 0 Å². The molecule has 2 aromatic carbocycles. The number of thioether (sulfide) groups is 1. The molecule has 2 aromatic rings. The number of rotatable bonds is 9. The number of nitrogens with zero attached hydrogens (tertiary/aromatic N) is 2. The molecule has 36 heavy (non-hydrogen) atoms. The molecule has 1 unspecified atom stereocenters. The predicted octanol–water partition coefficient (Wildman–Crippen LogP) is 4.55. The van der Waals surface area contributed by atoms with Gasteiger partial charge in [0.25, 0.3) is 0 Å². The number of nitrogens with one attached hydrogen (secondary N) is 1. The minimum atomic E-state index is -0.607. The zero-order valence-electron chi connectivity index (χ0n) is 20.7. The minimum absolute atomic E-state index is 0.122. The number of fused-ring (bicyclic) bond motifs is 1. The molecule has 4 rings (SSSR count). The first-order chi connectivity index (χ1) is 17.5. The number of ether oxygens (including phenoxy) is 3. The van der Waals surface area contributed by atoms with Crippen LogP contribution in [0.3, 0.4) is 0 Å². The molecule has 0 fully saturated rings. The van der Waals surface area contributed by atoms with Gasteiger partial charge in [0.15, 0.2) is 16.7 Å². The van der Waals surface area contributed by atoms with E-state index in [9.17, 15) is 9.59 Å². The van der Waals surface area contributed by atoms with Crippen LogP contribution < -0.4 is 14.8 Å². The first kappa shape index (κ1) is 25.4. The van der Waals surface area contributed by atoms with Gasteiger partial charge in [-0.2, -0.15) is 0 Å². The normalized spacial score (nSPS) is 16.7. The molecule has 1 atom stereocenters. The third-order valence-corrected chi connectivity index (χ3v) is 6.79. The van der Waals surface area contributed by atoms with Gasteiger partial charge in [-0.15, -0.1) is 0 Å². The van der Waals surface area contributed by atoms with E-state index >= 15 is 0 Å². The molecule has 0 saturated carbocycles. The second-order valence-electron chi connectivity index (χ2n) is 8.14. The second-order valence-corrected chi connectivity index (χ2v) is 8.97. The van der Waals surface area contributed by atoms with Crippen molar-refractivity contribution in [3.63, 3.8) is 0 Å². The molecule has 0 spiro atoms. The number of amidine groups is 1. The van der Waals surface area contributed by atoms with E-state index in [1.54, 1.807) is 34.1 Å². The number of aliphatic imine (C=N–C) groups is 1. The molecule has 1 N–H and O–H groups in total. The van der Waals surface area contributed by atoms with Crippen molar-refractivity contribution in [1.29, 1.82) is 0 Å². The third kappa shape index (κ3) is 5.11. The highest BCUT2D eigenvalue weighted by atomic mass is 32.2. The van der Waals surface area contributed by atoms with Crippen LogP contribution in [0, 0.1) is 0 Å². The molecule has 9 heteroatoms. The number of hydrogen-bond donors (Lipinski definition) is 1. The number of hydrogen-bond acceptors (Lipinski definition) is 8. The van der Waals surface area contributed by atoms with Gasteiger partial charge < -0.3 is 24.4 Å². The van der Waals surface area contributed by atoms with Gasteiger partial charge in [-0.05, 0) is 30.9 Å². The summed E-state index contributed by atoms with van der Waals surface area (Å²) in [4.78, 5) is 32.7. The van der Waals surface area contributed by atoms with Gasteiger partial charge in [0.05, 0.1) is 44.6 Å². The van der Waals surface area contributed by atoms with Gasteiger partial charge in [-0.3, -0.25) is 4.79 Å². The maximum Gasteiger partial charge on any atom is 0.338 e. The Morgan fingerprint density at radius 2 is 1.86 bits per heavy atom. The summed E-state index contributed by atoms with van der Waals surface area (Å²) >= 11 is 1.42. The first-order valence-corrected chi connectivity index (χ1v) is 12.5. The van der Waals surface area contributed by atoms with Crippen LogP contribution in [-0.2, 0) is 20.9 Å². The molecule has 2 heterocycles. The van der Waals surface area contributed by atoms with Gasteiger partial charge in [0.1, 0.15) is 0 Å². The van der Waals surface area contributed by atoms with Crippen LogP contribution in [0.4, 0.5) is 0 Å². The number of benzene rings is 2. The van der Waals surface area contributed by atoms with Crippen LogP contribution in [0.15, 0.2) is 75.9 Å². The number of para-hydroxylation sites is 1. The topological polar surface area (TPSA) is 89.5 Å². The summed E-state index contributed by atoms with van der Waals surface area (Å²) < 4.78 is 16.7. The molecule has 0 aromatic heterocycles. The highest BCUT2D eigenvalue weighted by Gasteiger charge is 2.42. The Morgan fingerprint density at radius 1 is 1.08 bits per heavy atom. The van der Waals surface area contributed by atoms with E-state index in [0.717, 1.165) is 11.3 Å². The summed E-state index contributed by atoms with van der Waals surface area (Å²) in [5, 5.41) is 5.56. The maximum atomic E-state index is 13.2. The number of carbonyl (C=O) groups is 2. The number of methoxy groups -OCH3 is 2. The summed E-state index contributed by atoms with van der Waals surface area (Å²) in [7, 11) is 3.13. The second kappa shape index (κ2) is 11.3. The van der Waals surface area contributed by atoms with Crippen molar-refractivity contribution in [2.75, 3.05) is 20.8 Å². The van der Waals surface area contributed by atoms with Gasteiger partial charge in [0.2, 0.25) is 5.91 Å². The average Bonchev–Trinajstić information content (AvgIpc) is 3.28. The Labute approximate surface area is 215 Å². The predicted molar refractivity (Wildman–Crippen MR) is 139 cm³/mol. The van der Waals surface area contributed by atoms with Crippen LogP contribution in [0.1, 0.15) is 37.4 Å². The number of amides is 1. The quantitative estimate of drug-likeness (QED) is 0.498. The Bertz CT molecular complexity index is 1240. The molecule has 0 radical (unpaired) electrons. The van der Waals surface area contributed by atoms with E-state index in [0.29, 0.717) is 40.0 Å². The molecule has 0 bridgehead atoms. The Hall–Kier alpha value is -3.72. The number of allylic oxidation sites excluding steroid dienone is 1. The summed E-state index contributed by atoms with van der Waals surface area (Å²) in [6.45, 7) is 4.22. The number of carbonyl (C=O) groups excluding carboxylic acids is 2. The van der Waals surface area contributed by atoms with Gasteiger partial charge in [0, 0.05) is 17.8 Å². The van der Waals surface area contributed by atoms with Crippen molar-refractivity contribution in [3.8, 4) is 11.5 Å². The van der Waals surface area contributed by atoms with E-state index in [1.165, 1.54) is 11.8 Å². The van der Waals surface area contributed by atoms with Crippen LogP contribution in [0.5, 0.6) is 11.5 Å². The molecular weight excluding hydrogens is 478 g/mol. The maximum absolute atomic E-state index is 13.2. The Balaban J connectivity index is 1.69. The lowest BCUT2D eigenvalue weighted by molar-refractivity contribution is -0.139. The molecular formula is C27H29N3O5S. The minimum Gasteiger partial charge on any atom is -0.493 e.